The van der Waals surface area contributed by atoms with Crippen LogP contribution in [0.15, 0.2) is 77.7 Å². The number of nitrogens with one attached hydrogen (secondary N) is 1. The Hall–Kier alpha value is -2.52. The zero-order chi connectivity index (χ0) is 18.1. The number of aromatic nitrogens is 2. The van der Waals surface area contributed by atoms with Gasteiger partial charge in [-0.3, -0.25) is 0 Å². The Morgan fingerprint density at radius 3 is 2.27 bits per heavy atom. The highest BCUT2D eigenvalue weighted by Crippen LogP contribution is 2.34. The summed E-state index contributed by atoms with van der Waals surface area (Å²) in [5.41, 5.74) is 5.61. The van der Waals surface area contributed by atoms with E-state index in [1.54, 1.807) is 0 Å². The Kier molecular flexibility index (Phi) is 4.33. The van der Waals surface area contributed by atoms with E-state index in [-0.39, 0.29) is 4.75 Å². The fourth-order valence-electron chi connectivity index (χ4n) is 3.02. The van der Waals surface area contributed by atoms with Gasteiger partial charge in [-0.2, -0.15) is 0 Å². The van der Waals surface area contributed by atoms with Gasteiger partial charge in [0.1, 0.15) is 5.82 Å². The van der Waals surface area contributed by atoms with E-state index in [9.17, 15) is 0 Å². The smallest absolute Gasteiger partial charge is 0.138 e. The molecule has 2 nitrogen and oxygen atoms in total. The van der Waals surface area contributed by atoms with Crippen LogP contribution in [0.4, 0.5) is 0 Å². The highest BCUT2D eigenvalue weighted by molar-refractivity contribution is 8.00. The molecule has 0 saturated heterocycles. The van der Waals surface area contributed by atoms with Gasteiger partial charge in [0, 0.05) is 15.2 Å². The number of hydrogen-bond acceptors (Lipinski definition) is 2. The van der Waals surface area contributed by atoms with E-state index >= 15 is 0 Å². The predicted molar refractivity (Wildman–Crippen MR) is 113 cm³/mol. The average molecular weight is 359 g/mol. The van der Waals surface area contributed by atoms with Crippen molar-refractivity contribution < 1.29 is 0 Å². The number of hydrogen-bond donors (Lipinski definition) is 1. The van der Waals surface area contributed by atoms with Crippen LogP contribution >= 0.6 is 11.8 Å². The summed E-state index contributed by atoms with van der Waals surface area (Å²) in [7, 11) is 0. The van der Waals surface area contributed by atoms with Gasteiger partial charge in [-0.05, 0) is 35.4 Å². The monoisotopic (exact) mass is 358 g/mol. The molecule has 0 amide bonds. The molecule has 0 aliphatic carbocycles. The first-order valence-corrected chi connectivity index (χ1v) is 9.64. The zero-order valence-electron chi connectivity index (χ0n) is 15.3. The average Bonchev–Trinajstić information content (AvgIpc) is 3.05. The number of fused-ring (bicyclic) bond motifs is 1. The zero-order valence-corrected chi connectivity index (χ0v) is 16.1. The summed E-state index contributed by atoms with van der Waals surface area (Å²) in [5, 5.41) is 0. The summed E-state index contributed by atoms with van der Waals surface area (Å²) in [5.74, 6) is 0.913. The molecular weight excluding hydrogens is 336 g/mol. The molecule has 1 N–H and O–H groups in total. The van der Waals surface area contributed by atoms with Crippen molar-refractivity contribution in [3.63, 3.8) is 0 Å². The Bertz CT molecular complexity index is 1040. The molecule has 3 aromatic carbocycles. The van der Waals surface area contributed by atoms with Crippen molar-refractivity contribution in [2.45, 2.75) is 30.4 Å². The molecule has 1 heterocycles. The molecule has 0 atom stereocenters. The summed E-state index contributed by atoms with van der Waals surface area (Å²) in [6.07, 6.45) is 0. The Labute approximate surface area is 158 Å². The van der Waals surface area contributed by atoms with Gasteiger partial charge in [-0.1, -0.05) is 69.3 Å². The third-order valence-electron chi connectivity index (χ3n) is 4.12. The van der Waals surface area contributed by atoms with Gasteiger partial charge in [-0.25, -0.2) is 4.98 Å². The van der Waals surface area contributed by atoms with E-state index in [1.165, 1.54) is 16.0 Å². The van der Waals surface area contributed by atoms with Gasteiger partial charge in [-0.15, -0.1) is 11.8 Å². The van der Waals surface area contributed by atoms with Crippen LogP contribution in [0, 0.1) is 0 Å². The fourth-order valence-corrected chi connectivity index (χ4v) is 4.04. The van der Waals surface area contributed by atoms with E-state index in [0.29, 0.717) is 0 Å². The van der Waals surface area contributed by atoms with E-state index in [2.05, 4.69) is 92.5 Å². The largest absolute Gasteiger partial charge is 0.338 e. The van der Waals surface area contributed by atoms with E-state index in [4.69, 9.17) is 4.98 Å². The minimum absolute atomic E-state index is 0.195. The lowest BCUT2D eigenvalue weighted by Crippen LogP contribution is -2.06. The quantitative estimate of drug-likeness (QED) is 0.409. The summed E-state index contributed by atoms with van der Waals surface area (Å²) >= 11 is 1.87. The van der Waals surface area contributed by atoms with Crippen LogP contribution < -0.4 is 0 Å². The highest BCUT2D eigenvalue weighted by Gasteiger charge is 2.13. The first kappa shape index (κ1) is 16.9. The second-order valence-electron chi connectivity index (χ2n) is 7.43. The minimum Gasteiger partial charge on any atom is -0.338 e. The number of aromatic amines is 1. The van der Waals surface area contributed by atoms with Crippen LogP contribution in [0.1, 0.15) is 20.8 Å². The summed E-state index contributed by atoms with van der Waals surface area (Å²) in [6.45, 7) is 6.69. The Balaban J connectivity index is 1.71. The fraction of sp³-hybridized carbons (Fsp3) is 0.174. The van der Waals surface area contributed by atoms with Crippen molar-refractivity contribution in [1.82, 2.24) is 9.97 Å². The highest BCUT2D eigenvalue weighted by atomic mass is 32.2. The summed E-state index contributed by atoms with van der Waals surface area (Å²) in [6, 6.07) is 25.4. The van der Waals surface area contributed by atoms with Gasteiger partial charge < -0.3 is 4.98 Å². The van der Waals surface area contributed by atoms with Crippen molar-refractivity contribution in [3.05, 3.63) is 72.8 Å². The first-order valence-electron chi connectivity index (χ1n) is 8.83. The van der Waals surface area contributed by atoms with Gasteiger partial charge >= 0.3 is 0 Å². The molecular formula is C23H22N2S. The molecule has 0 saturated carbocycles. The van der Waals surface area contributed by atoms with Crippen molar-refractivity contribution in [2.24, 2.45) is 0 Å². The van der Waals surface area contributed by atoms with E-state index < -0.39 is 0 Å². The molecule has 1 aromatic heterocycles. The molecule has 0 spiro atoms. The van der Waals surface area contributed by atoms with Crippen molar-refractivity contribution >= 4 is 22.8 Å². The summed E-state index contributed by atoms with van der Waals surface area (Å²) < 4.78 is 0.195. The van der Waals surface area contributed by atoms with Crippen LogP contribution in [0.3, 0.4) is 0 Å². The summed E-state index contributed by atoms with van der Waals surface area (Å²) in [4.78, 5) is 9.55. The van der Waals surface area contributed by atoms with Gasteiger partial charge in [0.2, 0.25) is 0 Å². The maximum atomic E-state index is 4.79. The van der Waals surface area contributed by atoms with Crippen LogP contribution in [-0.4, -0.2) is 14.7 Å². The maximum Gasteiger partial charge on any atom is 0.138 e. The maximum absolute atomic E-state index is 4.79. The second kappa shape index (κ2) is 6.65. The molecule has 0 bridgehead atoms. The van der Waals surface area contributed by atoms with E-state index in [0.717, 1.165) is 22.4 Å². The minimum atomic E-state index is 0.195. The molecule has 0 radical (unpaired) electrons. The SMILES string of the molecule is CC(C)(C)Sc1ccc2nc(-c3cccc(-c4ccccc4)c3)[nH]c2c1. The first-order chi connectivity index (χ1) is 12.5. The molecule has 4 rings (SSSR count). The predicted octanol–water partition coefficient (Wildman–Crippen LogP) is 6.79. The molecule has 130 valence electrons. The number of nitrogens with zero attached hydrogens (tertiary/aromatic N) is 1. The molecule has 0 aliphatic rings. The molecule has 0 aliphatic heterocycles. The number of rotatable bonds is 3. The van der Waals surface area contributed by atoms with Crippen molar-refractivity contribution in [2.75, 3.05) is 0 Å². The lowest BCUT2D eigenvalue weighted by molar-refractivity contribution is 0.803. The second-order valence-corrected chi connectivity index (χ2v) is 9.33. The van der Waals surface area contributed by atoms with Crippen molar-refractivity contribution in [1.29, 1.82) is 0 Å². The molecule has 3 heteroatoms. The molecule has 26 heavy (non-hydrogen) atoms. The number of imidazole rings is 1. The topological polar surface area (TPSA) is 28.7 Å². The number of H-pyrrole nitrogens is 1. The van der Waals surface area contributed by atoms with Crippen LogP contribution in [0.25, 0.3) is 33.5 Å². The Morgan fingerprint density at radius 2 is 1.50 bits per heavy atom. The van der Waals surface area contributed by atoms with Crippen LogP contribution in [0.5, 0.6) is 0 Å². The van der Waals surface area contributed by atoms with Crippen molar-refractivity contribution in [3.8, 4) is 22.5 Å². The lowest BCUT2D eigenvalue weighted by Gasteiger charge is -2.17. The van der Waals surface area contributed by atoms with Gasteiger partial charge in [0.05, 0.1) is 11.0 Å². The molecule has 0 fully saturated rings. The number of benzene rings is 3. The molecule has 0 unspecified atom stereocenters. The molecule has 4 aromatic rings. The lowest BCUT2D eigenvalue weighted by atomic mass is 10.0. The third-order valence-corrected chi connectivity index (χ3v) is 5.22. The normalized spacial score (nSPS) is 11.8. The van der Waals surface area contributed by atoms with Crippen LogP contribution in [0.2, 0.25) is 0 Å². The van der Waals surface area contributed by atoms with Gasteiger partial charge in [0.25, 0.3) is 0 Å². The van der Waals surface area contributed by atoms with Crippen LogP contribution in [-0.2, 0) is 0 Å². The third kappa shape index (κ3) is 3.68. The standard InChI is InChI=1S/C23H22N2S/c1-23(2,3)26-19-12-13-20-21(15-19)25-22(24-20)18-11-7-10-17(14-18)16-8-5-4-6-9-16/h4-15H,1-3H3,(H,24,25). The number of thioether (sulfide) groups is 1. The van der Waals surface area contributed by atoms with E-state index in [1.807, 2.05) is 17.8 Å². The van der Waals surface area contributed by atoms with Gasteiger partial charge in [0.15, 0.2) is 0 Å². The Morgan fingerprint density at radius 1 is 0.769 bits per heavy atom.